The third-order valence-electron chi connectivity index (χ3n) is 5.67. The summed E-state index contributed by atoms with van der Waals surface area (Å²) in [6, 6.07) is 5.44. The van der Waals surface area contributed by atoms with Crippen molar-refractivity contribution in [2.24, 2.45) is 0 Å². The first-order chi connectivity index (χ1) is 17.6. The Morgan fingerprint density at radius 2 is 1.38 bits per heavy atom. The van der Waals surface area contributed by atoms with Gasteiger partial charge in [0.2, 0.25) is 5.75 Å². The Labute approximate surface area is 222 Å². The molecule has 202 valence electrons. The lowest BCUT2D eigenvalue weighted by Crippen LogP contribution is -2.14. The highest BCUT2D eigenvalue weighted by Gasteiger charge is 2.19. The number of hydrogen-bond acceptors (Lipinski definition) is 5. The molecule has 1 aromatic carbocycles. The van der Waals surface area contributed by atoms with Gasteiger partial charge >= 0.3 is 5.63 Å². The SMILES string of the molecule is CC(C)=CCCC(C)=CCOc1ccc2c(OC(C)C)c(OCC=C(C)CCC=C(C)C)c(=O)oc2c1. The topological polar surface area (TPSA) is 57.9 Å². The van der Waals surface area contributed by atoms with Crippen molar-refractivity contribution < 1.29 is 18.6 Å². The molecule has 5 nitrogen and oxygen atoms in total. The predicted octanol–water partition coefficient (Wildman–Crippen LogP) is 8.72. The first-order valence-electron chi connectivity index (χ1n) is 13.2. The van der Waals surface area contributed by atoms with Gasteiger partial charge in [-0.1, -0.05) is 34.4 Å². The van der Waals surface area contributed by atoms with E-state index in [0.29, 0.717) is 29.1 Å². The molecule has 0 fully saturated rings. The van der Waals surface area contributed by atoms with Gasteiger partial charge in [0.15, 0.2) is 5.75 Å². The number of hydrogen-bond donors (Lipinski definition) is 0. The van der Waals surface area contributed by atoms with Crippen LogP contribution in [0.4, 0.5) is 0 Å². The summed E-state index contributed by atoms with van der Waals surface area (Å²) in [5, 5.41) is 0.674. The molecule has 2 aromatic rings. The predicted molar refractivity (Wildman–Crippen MR) is 154 cm³/mol. The maximum Gasteiger partial charge on any atom is 0.383 e. The second kappa shape index (κ2) is 15.1. The quantitative estimate of drug-likeness (QED) is 0.189. The van der Waals surface area contributed by atoms with Crippen molar-refractivity contribution in [3.05, 3.63) is 75.2 Å². The molecule has 0 aliphatic carbocycles. The molecule has 0 amide bonds. The standard InChI is InChI=1S/C32H44O5/c1-22(2)11-9-13-25(7)17-19-34-27-15-16-28-29(21-27)37-32(33)31(30(28)36-24(5)6)35-20-18-26(8)14-10-12-23(3)4/h11-12,15-18,21,24H,9-10,13-14,19-20H2,1-8H3. The van der Waals surface area contributed by atoms with Gasteiger partial charge in [-0.2, -0.15) is 0 Å². The van der Waals surface area contributed by atoms with Gasteiger partial charge in [-0.15, -0.1) is 0 Å². The second-order valence-corrected chi connectivity index (χ2v) is 10.2. The van der Waals surface area contributed by atoms with Crippen molar-refractivity contribution in [3.8, 4) is 17.2 Å². The summed E-state index contributed by atoms with van der Waals surface area (Å²) in [5.74, 6) is 1.12. The Morgan fingerprint density at radius 3 is 1.92 bits per heavy atom. The molecule has 0 radical (unpaired) electrons. The van der Waals surface area contributed by atoms with E-state index in [1.54, 1.807) is 6.07 Å². The first kappa shape index (κ1) is 30.0. The summed E-state index contributed by atoms with van der Waals surface area (Å²) in [6.07, 6.45) is 12.4. The van der Waals surface area contributed by atoms with E-state index in [1.807, 2.05) is 32.1 Å². The summed E-state index contributed by atoms with van der Waals surface area (Å²) in [4.78, 5) is 12.9. The second-order valence-electron chi connectivity index (χ2n) is 10.2. The highest BCUT2D eigenvalue weighted by Crippen LogP contribution is 2.35. The summed E-state index contributed by atoms with van der Waals surface area (Å²) in [7, 11) is 0. The average Bonchev–Trinajstić information content (AvgIpc) is 2.80. The van der Waals surface area contributed by atoms with Gasteiger partial charge in [0.25, 0.3) is 0 Å². The van der Waals surface area contributed by atoms with Crippen molar-refractivity contribution in [3.63, 3.8) is 0 Å². The van der Waals surface area contributed by atoms with Crippen LogP contribution in [0.2, 0.25) is 0 Å². The fourth-order valence-corrected chi connectivity index (χ4v) is 3.63. The van der Waals surface area contributed by atoms with Crippen LogP contribution in [0.3, 0.4) is 0 Å². The minimum absolute atomic E-state index is 0.0955. The molecule has 0 aliphatic heterocycles. The van der Waals surface area contributed by atoms with Crippen LogP contribution in [0, 0.1) is 0 Å². The minimum atomic E-state index is -0.564. The number of benzene rings is 1. The maximum atomic E-state index is 12.9. The Kier molecular flexibility index (Phi) is 12.3. The molecule has 37 heavy (non-hydrogen) atoms. The van der Waals surface area contributed by atoms with E-state index in [1.165, 1.54) is 22.3 Å². The highest BCUT2D eigenvalue weighted by molar-refractivity contribution is 5.86. The van der Waals surface area contributed by atoms with Crippen molar-refractivity contribution >= 4 is 11.0 Å². The molecule has 0 atom stereocenters. The lowest BCUT2D eigenvalue weighted by Gasteiger charge is -2.16. The number of allylic oxidation sites excluding steroid dienone is 6. The van der Waals surface area contributed by atoms with Gasteiger partial charge in [0, 0.05) is 6.07 Å². The number of ether oxygens (including phenoxy) is 3. The van der Waals surface area contributed by atoms with E-state index in [2.05, 4.69) is 59.8 Å². The lowest BCUT2D eigenvalue weighted by molar-refractivity contribution is 0.224. The van der Waals surface area contributed by atoms with Gasteiger partial charge in [-0.05, 0) is 105 Å². The fraction of sp³-hybridized carbons (Fsp3) is 0.469. The third kappa shape index (κ3) is 10.7. The zero-order valence-electron chi connectivity index (χ0n) is 23.9. The molecule has 0 N–H and O–H groups in total. The van der Waals surface area contributed by atoms with Gasteiger partial charge in [-0.3, -0.25) is 0 Å². The molecule has 0 spiro atoms. The van der Waals surface area contributed by atoms with Gasteiger partial charge in [0.05, 0.1) is 11.5 Å². The molecule has 0 bridgehead atoms. The minimum Gasteiger partial charge on any atom is -0.489 e. The summed E-state index contributed by atoms with van der Waals surface area (Å²) in [6.45, 7) is 17.1. The van der Waals surface area contributed by atoms with E-state index in [-0.39, 0.29) is 18.5 Å². The molecule has 1 heterocycles. The summed E-state index contributed by atoms with van der Waals surface area (Å²) < 4.78 is 23.4. The van der Waals surface area contributed by atoms with Crippen LogP contribution in [0.15, 0.2) is 74.0 Å². The lowest BCUT2D eigenvalue weighted by atomic mass is 10.1. The summed E-state index contributed by atoms with van der Waals surface area (Å²) >= 11 is 0. The normalized spacial score (nSPS) is 12.0. The number of rotatable bonds is 14. The molecular formula is C32H44O5. The van der Waals surface area contributed by atoms with Crippen LogP contribution in [0.25, 0.3) is 11.0 Å². The van der Waals surface area contributed by atoms with Crippen molar-refractivity contribution in [2.45, 2.75) is 87.2 Å². The van der Waals surface area contributed by atoms with Gasteiger partial charge in [-0.25, -0.2) is 4.79 Å². The Morgan fingerprint density at radius 1 is 0.811 bits per heavy atom. The molecule has 2 rings (SSSR count). The van der Waals surface area contributed by atoms with Crippen LogP contribution in [-0.2, 0) is 0 Å². The third-order valence-corrected chi connectivity index (χ3v) is 5.67. The molecule has 5 heteroatoms. The Balaban J connectivity index is 2.18. The monoisotopic (exact) mass is 508 g/mol. The van der Waals surface area contributed by atoms with E-state index in [4.69, 9.17) is 18.6 Å². The van der Waals surface area contributed by atoms with Crippen LogP contribution >= 0.6 is 0 Å². The smallest absolute Gasteiger partial charge is 0.383 e. The largest absolute Gasteiger partial charge is 0.489 e. The van der Waals surface area contributed by atoms with Crippen LogP contribution in [0.5, 0.6) is 17.2 Å². The van der Waals surface area contributed by atoms with E-state index >= 15 is 0 Å². The molecule has 0 saturated carbocycles. The molecule has 1 aromatic heterocycles. The van der Waals surface area contributed by atoms with Crippen LogP contribution in [-0.4, -0.2) is 19.3 Å². The first-order valence-corrected chi connectivity index (χ1v) is 13.2. The van der Waals surface area contributed by atoms with Gasteiger partial charge in [0.1, 0.15) is 24.5 Å². The molecule has 0 saturated heterocycles. The number of fused-ring (bicyclic) bond motifs is 1. The molecule has 0 aliphatic rings. The van der Waals surface area contributed by atoms with E-state index in [9.17, 15) is 4.79 Å². The van der Waals surface area contributed by atoms with Crippen LogP contribution < -0.4 is 19.8 Å². The summed E-state index contributed by atoms with van der Waals surface area (Å²) in [5.41, 5.74) is 4.97. The molecule has 0 unspecified atom stereocenters. The zero-order valence-corrected chi connectivity index (χ0v) is 23.9. The van der Waals surface area contributed by atoms with Crippen molar-refractivity contribution in [1.82, 2.24) is 0 Å². The Bertz CT molecular complexity index is 1200. The van der Waals surface area contributed by atoms with Crippen molar-refractivity contribution in [2.75, 3.05) is 13.2 Å². The maximum absolute atomic E-state index is 12.9. The Hall–Kier alpha value is -3.21. The molecular weight excluding hydrogens is 464 g/mol. The zero-order chi connectivity index (χ0) is 27.4. The van der Waals surface area contributed by atoms with Crippen molar-refractivity contribution in [1.29, 1.82) is 0 Å². The fourth-order valence-electron chi connectivity index (χ4n) is 3.63. The average molecular weight is 509 g/mol. The van der Waals surface area contributed by atoms with E-state index in [0.717, 1.165) is 25.7 Å². The van der Waals surface area contributed by atoms with Crippen LogP contribution in [0.1, 0.15) is 81.1 Å². The van der Waals surface area contributed by atoms with E-state index < -0.39 is 5.63 Å². The highest BCUT2D eigenvalue weighted by atomic mass is 16.5. The van der Waals surface area contributed by atoms with Gasteiger partial charge < -0.3 is 18.6 Å².